The van der Waals surface area contributed by atoms with Crippen molar-refractivity contribution in [2.24, 2.45) is 0 Å². The summed E-state index contributed by atoms with van der Waals surface area (Å²) >= 11 is 8.76. The number of rotatable bonds is 1. The van der Waals surface area contributed by atoms with Crippen LogP contribution in [0.5, 0.6) is 5.75 Å². The Bertz CT molecular complexity index is 296. The molecule has 1 N–H and O–H groups in total. The van der Waals surface area contributed by atoms with Crippen molar-refractivity contribution in [3.05, 3.63) is 30.3 Å². The van der Waals surface area contributed by atoms with Gasteiger partial charge in [-0.15, -0.1) is 0 Å². The topological polar surface area (TPSA) is 50.2 Å². The van der Waals surface area contributed by atoms with Crippen molar-refractivity contribution in [1.29, 1.82) is 5.41 Å². The maximum atomic E-state index is 10.2. The highest BCUT2D eigenvalue weighted by atomic mass is 35.5. The third-order valence-corrected chi connectivity index (χ3v) is 1.02. The minimum Gasteiger partial charge on any atom is -0.415 e. The number of carbonyl (C=O) groups is 1. The van der Waals surface area contributed by atoms with Crippen molar-refractivity contribution in [3.63, 3.8) is 0 Å². The van der Waals surface area contributed by atoms with Gasteiger partial charge >= 0.3 is 5.43 Å². The summed E-state index contributed by atoms with van der Waals surface area (Å²) in [5, 5.41) is 7.36. The number of hydrogen-bond acceptors (Lipinski definition) is 4. The lowest BCUT2D eigenvalue weighted by Gasteiger charge is -1.95. The molecule has 68 valence electrons. The maximum absolute atomic E-state index is 10.2. The van der Waals surface area contributed by atoms with Crippen molar-refractivity contribution >= 4 is 34.4 Å². The summed E-state index contributed by atoms with van der Waals surface area (Å²) < 4.78 is 4.54. The fourth-order valence-electron chi connectivity index (χ4n) is 0.581. The molecule has 5 heteroatoms. The predicted molar refractivity (Wildman–Crippen MR) is 53.6 cm³/mol. The van der Waals surface area contributed by atoms with E-state index in [0.717, 1.165) is 0 Å². The molecule has 0 atom stereocenters. The molecule has 0 aromatic heterocycles. The third kappa shape index (κ3) is 7.15. The molecule has 1 aromatic rings. The summed E-state index contributed by atoms with van der Waals surface area (Å²) in [4.78, 5) is 10.2. The number of halogens is 1. The Kier molecular flexibility index (Phi) is 6.73. The summed E-state index contributed by atoms with van der Waals surface area (Å²) in [5.74, 6) is 0.461. The minimum atomic E-state index is -0.814. The Balaban J connectivity index is 0.000000424. The highest BCUT2D eigenvalue weighted by Gasteiger charge is 1.95. The zero-order valence-electron chi connectivity index (χ0n) is 6.49. The zero-order chi connectivity index (χ0) is 10.1. The van der Waals surface area contributed by atoms with E-state index in [1.54, 1.807) is 29.4 Å². The zero-order valence-corrected chi connectivity index (χ0v) is 8.06. The molecule has 1 rings (SSSR count). The van der Waals surface area contributed by atoms with E-state index >= 15 is 0 Å². The Morgan fingerprint density at radius 1 is 1.46 bits per heavy atom. The minimum absolute atomic E-state index is 0.461. The summed E-state index contributed by atoms with van der Waals surface area (Å²) in [6, 6.07) is 8.65. The number of benzene rings is 1. The van der Waals surface area contributed by atoms with Crippen molar-refractivity contribution in [3.8, 4) is 5.75 Å². The Morgan fingerprint density at radius 3 is 2.31 bits per heavy atom. The number of isothiocyanates is 1. The lowest BCUT2D eigenvalue weighted by molar-refractivity contribution is 0.225. The average molecular weight is 216 g/mol. The van der Waals surface area contributed by atoms with Crippen molar-refractivity contribution < 1.29 is 9.53 Å². The van der Waals surface area contributed by atoms with E-state index in [1.807, 2.05) is 6.07 Å². The fourth-order valence-corrected chi connectivity index (χ4v) is 0.670. The molecule has 0 amide bonds. The molecule has 0 bridgehead atoms. The van der Waals surface area contributed by atoms with Crippen molar-refractivity contribution in [2.75, 3.05) is 0 Å². The second-order valence-corrected chi connectivity index (χ2v) is 2.27. The molecule has 0 saturated heterocycles. The number of carbonyl (C=O) groups excluding carboxylic acids is 1. The van der Waals surface area contributed by atoms with Gasteiger partial charge in [-0.3, -0.25) is 0 Å². The molecular weight excluding hydrogens is 210 g/mol. The second kappa shape index (κ2) is 7.43. The van der Waals surface area contributed by atoms with Crippen LogP contribution in [-0.2, 0) is 0 Å². The number of thiocarbonyl (C=S) groups is 1. The Morgan fingerprint density at radius 2 is 1.92 bits per heavy atom. The van der Waals surface area contributed by atoms with Crippen LogP contribution in [0.4, 0.5) is 4.79 Å². The first-order chi connectivity index (χ1) is 6.20. The van der Waals surface area contributed by atoms with Crippen LogP contribution in [0.3, 0.4) is 0 Å². The van der Waals surface area contributed by atoms with E-state index in [2.05, 4.69) is 17.0 Å². The normalized spacial score (nSPS) is 7.46. The molecule has 0 fully saturated rings. The fraction of sp³-hybridized carbons (Fsp3) is 0. The van der Waals surface area contributed by atoms with Crippen LogP contribution < -0.4 is 4.74 Å². The first-order valence-corrected chi connectivity index (χ1v) is 3.95. The van der Waals surface area contributed by atoms with Gasteiger partial charge in [-0.25, -0.2) is 10.2 Å². The smallest absolute Gasteiger partial charge is 0.409 e. The van der Waals surface area contributed by atoms with E-state index in [9.17, 15) is 4.79 Å². The monoisotopic (exact) mass is 215 g/mol. The van der Waals surface area contributed by atoms with Crippen LogP contribution in [0, 0.1) is 5.41 Å². The SMILES string of the molecule is N=C=S.O=C(Cl)Oc1ccccc1. The standard InChI is InChI=1S/C7H5ClO2.CHNS/c8-7(9)10-6-4-2-1-3-5-6;2-1-3/h1-5H;2H. The van der Waals surface area contributed by atoms with Crippen LogP contribution in [0.2, 0.25) is 0 Å². The van der Waals surface area contributed by atoms with Gasteiger partial charge in [0.2, 0.25) is 0 Å². The summed E-state index contributed by atoms with van der Waals surface area (Å²) in [6.45, 7) is 0. The molecule has 0 saturated carbocycles. The number of ether oxygens (including phenoxy) is 1. The molecule has 0 radical (unpaired) electrons. The van der Waals surface area contributed by atoms with Gasteiger partial charge in [0, 0.05) is 11.6 Å². The predicted octanol–water partition coefficient (Wildman–Crippen LogP) is 3.09. The van der Waals surface area contributed by atoms with Crippen LogP contribution in [-0.4, -0.2) is 10.6 Å². The van der Waals surface area contributed by atoms with Gasteiger partial charge in [0.1, 0.15) is 5.75 Å². The second-order valence-electron chi connectivity index (χ2n) is 1.75. The van der Waals surface area contributed by atoms with E-state index in [-0.39, 0.29) is 0 Å². The molecule has 0 heterocycles. The largest absolute Gasteiger partial charge is 0.415 e. The molecule has 0 aliphatic rings. The van der Waals surface area contributed by atoms with Crippen molar-refractivity contribution in [2.45, 2.75) is 0 Å². The van der Waals surface area contributed by atoms with Gasteiger partial charge < -0.3 is 4.74 Å². The van der Waals surface area contributed by atoms with E-state index < -0.39 is 5.43 Å². The molecule has 0 aliphatic heterocycles. The highest BCUT2D eigenvalue weighted by Crippen LogP contribution is 2.09. The third-order valence-electron chi connectivity index (χ3n) is 0.941. The van der Waals surface area contributed by atoms with Crippen LogP contribution in [0.1, 0.15) is 0 Å². The summed E-state index contributed by atoms with van der Waals surface area (Å²) in [5.41, 5.74) is -0.814. The van der Waals surface area contributed by atoms with Gasteiger partial charge in [0.25, 0.3) is 0 Å². The first-order valence-electron chi connectivity index (χ1n) is 3.17. The Hall–Kier alpha value is -1.22. The van der Waals surface area contributed by atoms with Crippen molar-refractivity contribution in [1.82, 2.24) is 0 Å². The van der Waals surface area contributed by atoms with E-state index in [1.165, 1.54) is 0 Å². The van der Waals surface area contributed by atoms with Gasteiger partial charge in [-0.2, -0.15) is 0 Å². The number of nitrogens with one attached hydrogen (secondary N) is 1. The van der Waals surface area contributed by atoms with Gasteiger partial charge in [0.15, 0.2) is 0 Å². The number of para-hydroxylation sites is 1. The van der Waals surface area contributed by atoms with Crippen LogP contribution in [0.25, 0.3) is 0 Å². The van der Waals surface area contributed by atoms with Crippen LogP contribution in [0.15, 0.2) is 30.3 Å². The molecule has 3 nitrogen and oxygen atoms in total. The van der Waals surface area contributed by atoms with Gasteiger partial charge in [-0.05, 0) is 24.4 Å². The molecule has 0 spiro atoms. The van der Waals surface area contributed by atoms with Gasteiger partial charge in [0.05, 0.1) is 5.16 Å². The van der Waals surface area contributed by atoms with E-state index in [0.29, 0.717) is 5.75 Å². The summed E-state index contributed by atoms with van der Waals surface area (Å²) in [6.07, 6.45) is 0. The lowest BCUT2D eigenvalue weighted by atomic mass is 10.3. The first kappa shape index (κ1) is 11.8. The maximum Gasteiger partial charge on any atom is 0.409 e. The quantitative estimate of drug-likeness (QED) is 0.445. The average Bonchev–Trinajstić information content (AvgIpc) is 2.06. The molecule has 0 aliphatic carbocycles. The molecular formula is C8H6ClNO2S. The Labute approximate surface area is 85.8 Å². The number of hydrogen-bond donors (Lipinski definition) is 1. The van der Waals surface area contributed by atoms with E-state index in [4.69, 9.17) is 17.0 Å². The van der Waals surface area contributed by atoms with Gasteiger partial charge in [-0.1, -0.05) is 18.2 Å². The molecule has 0 unspecified atom stereocenters. The molecule has 13 heavy (non-hydrogen) atoms. The lowest BCUT2D eigenvalue weighted by Crippen LogP contribution is -1.94. The molecule has 1 aromatic carbocycles. The van der Waals surface area contributed by atoms with Crippen LogP contribution >= 0.6 is 23.8 Å². The summed E-state index contributed by atoms with van der Waals surface area (Å²) in [7, 11) is 0. The highest BCUT2D eigenvalue weighted by molar-refractivity contribution is 7.78.